The Balaban J connectivity index is 1.66. The molecule has 5 nitrogen and oxygen atoms in total. The van der Waals surface area contributed by atoms with E-state index in [2.05, 4.69) is 15.5 Å². The summed E-state index contributed by atoms with van der Waals surface area (Å²) >= 11 is 13.4. The minimum absolute atomic E-state index is 0.206. The Bertz CT molecular complexity index is 1110. The second-order valence-corrected chi connectivity index (χ2v) is 7.91. The van der Waals surface area contributed by atoms with E-state index < -0.39 is 5.25 Å². The van der Waals surface area contributed by atoms with Gasteiger partial charge < -0.3 is 5.32 Å². The number of nitrogens with zero attached hydrogens (tertiary/aromatic N) is 3. The third kappa shape index (κ3) is 4.14. The SMILES string of the molecule is O=C(Nc1cc(Cl)cc(Cl)c1)[C@H](Sc1nnc2ccccn12)c1ccccc1. The van der Waals surface area contributed by atoms with Gasteiger partial charge in [-0.1, -0.05) is 71.4 Å². The van der Waals surface area contributed by atoms with Crippen molar-refractivity contribution in [1.82, 2.24) is 14.6 Å². The van der Waals surface area contributed by atoms with E-state index in [1.807, 2.05) is 59.1 Å². The molecule has 0 spiro atoms. The van der Waals surface area contributed by atoms with Crippen molar-refractivity contribution in [2.24, 2.45) is 0 Å². The molecular formula is C20H14Cl2N4OS. The van der Waals surface area contributed by atoms with Gasteiger partial charge >= 0.3 is 0 Å². The zero-order valence-electron chi connectivity index (χ0n) is 14.4. The lowest BCUT2D eigenvalue weighted by molar-refractivity contribution is -0.115. The first-order valence-corrected chi connectivity index (χ1v) is 10.0. The van der Waals surface area contributed by atoms with E-state index in [4.69, 9.17) is 23.2 Å². The summed E-state index contributed by atoms with van der Waals surface area (Å²) in [5, 5.41) is 12.3. The lowest BCUT2D eigenvalue weighted by Gasteiger charge is -2.16. The molecule has 8 heteroatoms. The summed E-state index contributed by atoms with van der Waals surface area (Å²) in [5.41, 5.74) is 2.11. The molecule has 2 heterocycles. The highest BCUT2D eigenvalue weighted by molar-refractivity contribution is 8.00. The summed E-state index contributed by atoms with van der Waals surface area (Å²) in [6.45, 7) is 0. The number of halogens is 2. The molecule has 1 N–H and O–H groups in total. The molecule has 0 aliphatic carbocycles. The molecule has 1 atom stereocenters. The summed E-state index contributed by atoms with van der Waals surface area (Å²) in [6.07, 6.45) is 1.87. The molecule has 4 rings (SSSR count). The van der Waals surface area contributed by atoms with Crippen LogP contribution in [0.4, 0.5) is 5.69 Å². The Hall–Kier alpha value is -2.54. The monoisotopic (exact) mass is 428 g/mol. The van der Waals surface area contributed by atoms with Crippen LogP contribution in [0.15, 0.2) is 78.1 Å². The first kappa shape index (κ1) is 18.8. The molecular weight excluding hydrogens is 415 g/mol. The number of hydrogen-bond donors (Lipinski definition) is 1. The van der Waals surface area contributed by atoms with Crippen LogP contribution < -0.4 is 5.32 Å². The summed E-state index contributed by atoms with van der Waals surface area (Å²) in [5.74, 6) is -0.206. The number of anilines is 1. The molecule has 0 fully saturated rings. The van der Waals surface area contributed by atoms with E-state index in [1.54, 1.807) is 18.2 Å². The van der Waals surface area contributed by atoms with E-state index in [0.717, 1.165) is 11.2 Å². The van der Waals surface area contributed by atoms with Gasteiger partial charge in [0.15, 0.2) is 10.8 Å². The molecule has 2 aromatic carbocycles. The van der Waals surface area contributed by atoms with Crippen molar-refractivity contribution in [1.29, 1.82) is 0 Å². The highest BCUT2D eigenvalue weighted by Crippen LogP contribution is 2.36. The number of benzene rings is 2. The molecule has 0 saturated carbocycles. The smallest absolute Gasteiger partial charge is 0.242 e. The summed E-state index contributed by atoms with van der Waals surface area (Å²) in [6, 6.07) is 20.1. The normalized spacial score (nSPS) is 12.1. The van der Waals surface area contributed by atoms with E-state index in [-0.39, 0.29) is 5.91 Å². The van der Waals surface area contributed by atoms with E-state index in [9.17, 15) is 4.79 Å². The molecule has 0 unspecified atom stereocenters. The van der Waals surface area contributed by atoms with Gasteiger partial charge in [-0.15, -0.1) is 10.2 Å². The maximum atomic E-state index is 13.1. The highest BCUT2D eigenvalue weighted by atomic mass is 35.5. The molecule has 2 aromatic heterocycles. The predicted octanol–water partition coefficient (Wildman–Crippen LogP) is 5.51. The minimum atomic E-state index is -0.536. The molecule has 28 heavy (non-hydrogen) atoms. The fourth-order valence-corrected chi connectivity index (χ4v) is 4.29. The van der Waals surface area contributed by atoms with E-state index >= 15 is 0 Å². The Morgan fingerprint density at radius 2 is 1.68 bits per heavy atom. The van der Waals surface area contributed by atoms with E-state index in [0.29, 0.717) is 20.9 Å². The topological polar surface area (TPSA) is 59.3 Å². The first-order chi connectivity index (χ1) is 13.6. The van der Waals surface area contributed by atoms with Crippen LogP contribution in [0.25, 0.3) is 5.65 Å². The number of carbonyl (C=O) groups excluding carboxylic acids is 1. The van der Waals surface area contributed by atoms with Crippen molar-refractivity contribution in [3.05, 3.63) is 88.5 Å². The van der Waals surface area contributed by atoms with Gasteiger partial charge in [0.05, 0.1) is 0 Å². The quantitative estimate of drug-likeness (QED) is 0.425. The zero-order chi connectivity index (χ0) is 19.5. The Labute approximate surface area is 175 Å². The predicted molar refractivity (Wildman–Crippen MR) is 113 cm³/mol. The second-order valence-electron chi connectivity index (χ2n) is 5.97. The molecule has 0 bridgehead atoms. The largest absolute Gasteiger partial charge is 0.325 e. The molecule has 0 saturated heterocycles. The molecule has 0 aliphatic rings. The number of pyridine rings is 1. The number of amides is 1. The number of fused-ring (bicyclic) bond motifs is 1. The number of carbonyl (C=O) groups is 1. The standard InChI is InChI=1S/C20H14Cl2N4OS/c21-14-10-15(22)12-16(11-14)23-19(27)18(13-6-2-1-3-7-13)28-20-25-24-17-8-4-5-9-26(17)20/h1-12,18H,(H,23,27)/t18-/m1/s1. The molecule has 0 aliphatic heterocycles. The van der Waals surface area contributed by atoms with Gasteiger partial charge in [0.25, 0.3) is 0 Å². The lowest BCUT2D eigenvalue weighted by atomic mass is 10.1. The van der Waals surface area contributed by atoms with Crippen molar-refractivity contribution >= 4 is 52.2 Å². The average Bonchev–Trinajstić information content (AvgIpc) is 3.09. The summed E-state index contributed by atoms with van der Waals surface area (Å²) in [7, 11) is 0. The average molecular weight is 429 g/mol. The van der Waals surface area contributed by atoms with Crippen molar-refractivity contribution < 1.29 is 4.79 Å². The van der Waals surface area contributed by atoms with Crippen molar-refractivity contribution in [3.63, 3.8) is 0 Å². The fraction of sp³-hybridized carbons (Fsp3) is 0.0500. The lowest BCUT2D eigenvalue weighted by Crippen LogP contribution is -2.19. The van der Waals surface area contributed by atoms with Gasteiger partial charge in [0, 0.05) is 21.9 Å². The van der Waals surface area contributed by atoms with Crippen molar-refractivity contribution in [2.45, 2.75) is 10.4 Å². The second kappa shape index (κ2) is 8.22. The number of hydrogen-bond acceptors (Lipinski definition) is 4. The van der Waals surface area contributed by atoms with Crippen LogP contribution in [0.1, 0.15) is 10.8 Å². The Kier molecular flexibility index (Phi) is 5.52. The molecule has 1 amide bonds. The zero-order valence-corrected chi connectivity index (χ0v) is 16.7. The van der Waals surface area contributed by atoms with Crippen LogP contribution in [0.5, 0.6) is 0 Å². The van der Waals surface area contributed by atoms with Crippen LogP contribution in [-0.2, 0) is 4.79 Å². The van der Waals surface area contributed by atoms with Crippen LogP contribution in [0.2, 0.25) is 10.0 Å². The van der Waals surface area contributed by atoms with Crippen LogP contribution in [0.3, 0.4) is 0 Å². The van der Waals surface area contributed by atoms with Crippen LogP contribution in [-0.4, -0.2) is 20.5 Å². The number of thioether (sulfide) groups is 1. The maximum absolute atomic E-state index is 13.1. The van der Waals surface area contributed by atoms with Gasteiger partial charge in [-0.25, -0.2) is 0 Å². The third-order valence-corrected chi connectivity index (χ3v) is 5.62. The van der Waals surface area contributed by atoms with Crippen LogP contribution in [0, 0.1) is 0 Å². The molecule has 0 radical (unpaired) electrons. The summed E-state index contributed by atoms with van der Waals surface area (Å²) in [4.78, 5) is 13.1. The Morgan fingerprint density at radius 3 is 2.43 bits per heavy atom. The number of nitrogens with one attached hydrogen (secondary N) is 1. The minimum Gasteiger partial charge on any atom is -0.325 e. The first-order valence-electron chi connectivity index (χ1n) is 8.38. The van der Waals surface area contributed by atoms with Crippen molar-refractivity contribution in [3.8, 4) is 0 Å². The van der Waals surface area contributed by atoms with Crippen molar-refractivity contribution in [2.75, 3.05) is 5.32 Å². The third-order valence-electron chi connectivity index (χ3n) is 3.98. The summed E-state index contributed by atoms with van der Waals surface area (Å²) < 4.78 is 1.85. The maximum Gasteiger partial charge on any atom is 0.242 e. The molecule has 140 valence electrons. The molecule has 4 aromatic rings. The van der Waals surface area contributed by atoms with Gasteiger partial charge in [-0.2, -0.15) is 0 Å². The van der Waals surface area contributed by atoms with Gasteiger partial charge in [-0.05, 0) is 35.9 Å². The fourth-order valence-electron chi connectivity index (χ4n) is 2.74. The number of aromatic nitrogens is 3. The van der Waals surface area contributed by atoms with Gasteiger partial charge in [0.2, 0.25) is 5.91 Å². The van der Waals surface area contributed by atoms with E-state index in [1.165, 1.54) is 11.8 Å². The van der Waals surface area contributed by atoms with Crippen LogP contribution >= 0.6 is 35.0 Å². The number of rotatable bonds is 5. The van der Waals surface area contributed by atoms with Gasteiger partial charge in [-0.3, -0.25) is 9.20 Å². The highest BCUT2D eigenvalue weighted by Gasteiger charge is 2.24. The Morgan fingerprint density at radius 1 is 0.964 bits per heavy atom. The van der Waals surface area contributed by atoms with Gasteiger partial charge in [0.1, 0.15) is 5.25 Å².